The quantitative estimate of drug-likeness (QED) is 0.544. The monoisotopic (exact) mass is 404 g/mol. The molecular weight excluding hydrogens is 388 g/mol. The Morgan fingerprint density at radius 2 is 2.03 bits per heavy atom. The number of H-pyrrole nitrogens is 1. The maximum Gasteiger partial charge on any atom is 0.272 e. The zero-order valence-electron chi connectivity index (χ0n) is 15.8. The number of nitrogens with two attached hydrogens (primary N) is 1. The highest BCUT2D eigenvalue weighted by molar-refractivity contribution is 6.32. The van der Waals surface area contributed by atoms with Crippen molar-refractivity contribution in [1.82, 2.24) is 20.0 Å². The van der Waals surface area contributed by atoms with Crippen LogP contribution in [-0.2, 0) is 13.6 Å². The van der Waals surface area contributed by atoms with Crippen LogP contribution in [0.25, 0.3) is 33.2 Å². The van der Waals surface area contributed by atoms with Crippen LogP contribution < -0.4 is 11.3 Å². The van der Waals surface area contributed by atoms with Gasteiger partial charge in [0.2, 0.25) is 0 Å². The van der Waals surface area contributed by atoms with Crippen LogP contribution in [0.15, 0.2) is 41.3 Å². The minimum absolute atomic E-state index is 0.197. The number of fused-ring (bicyclic) bond motifs is 1. The van der Waals surface area contributed by atoms with E-state index in [0.717, 1.165) is 22.4 Å². The number of rotatable bonds is 3. The highest BCUT2D eigenvalue weighted by atomic mass is 35.5. The predicted octanol–water partition coefficient (Wildman–Crippen LogP) is 3.28. The van der Waals surface area contributed by atoms with Crippen LogP contribution in [0.3, 0.4) is 0 Å². The molecule has 0 unspecified atom stereocenters. The van der Waals surface area contributed by atoms with Gasteiger partial charge in [0.05, 0.1) is 33.6 Å². The Balaban J connectivity index is 2.01. The van der Waals surface area contributed by atoms with Crippen LogP contribution >= 0.6 is 11.6 Å². The molecule has 3 N–H and O–H groups in total. The van der Waals surface area contributed by atoms with Crippen LogP contribution in [0.1, 0.15) is 16.8 Å². The van der Waals surface area contributed by atoms with Gasteiger partial charge in [-0.15, -0.1) is 0 Å². The van der Waals surface area contributed by atoms with Gasteiger partial charge in [0.15, 0.2) is 0 Å². The molecule has 0 radical (unpaired) electrons. The molecule has 2 heterocycles. The van der Waals surface area contributed by atoms with Gasteiger partial charge < -0.3 is 5.73 Å². The molecule has 0 aliphatic carbocycles. The lowest BCUT2D eigenvalue weighted by atomic mass is 9.95. The van der Waals surface area contributed by atoms with Gasteiger partial charge in [-0.1, -0.05) is 17.7 Å². The van der Waals surface area contributed by atoms with Crippen molar-refractivity contribution < 1.29 is 0 Å². The van der Waals surface area contributed by atoms with Crippen LogP contribution in [0, 0.1) is 18.3 Å². The van der Waals surface area contributed by atoms with E-state index in [4.69, 9.17) is 17.3 Å². The van der Waals surface area contributed by atoms with Crippen LogP contribution in [0.5, 0.6) is 0 Å². The van der Waals surface area contributed by atoms with E-state index in [1.165, 1.54) is 0 Å². The van der Waals surface area contributed by atoms with Gasteiger partial charge >= 0.3 is 0 Å². The average Bonchev–Trinajstić information content (AvgIpc) is 3.09. The molecule has 4 aromatic rings. The van der Waals surface area contributed by atoms with Crippen molar-refractivity contribution in [3.63, 3.8) is 0 Å². The molecule has 0 saturated heterocycles. The smallest absolute Gasteiger partial charge is 0.272 e. The Labute approximate surface area is 171 Å². The summed E-state index contributed by atoms with van der Waals surface area (Å²) in [5, 5.41) is 22.2. The molecule has 29 heavy (non-hydrogen) atoms. The van der Waals surface area contributed by atoms with Gasteiger partial charge in [0, 0.05) is 30.1 Å². The third kappa shape index (κ3) is 3.09. The number of nitriles is 1. The molecular formula is C21H17ClN6O. The second-order valence-electron chi connectivity index (χ2n) is 6.78. The highest BCUT2D eigenvalue weighted by Crippen LogP contribution is 2.37. The standard InChI is InChI=1S/C21H17ClN6O/c1-11-5-15(16(8-23)18(22)6-11)20-17(10-25-28(20)2)12-3-4-13-14(7-12)19(9-24)26-27-21(13)29/h3-7,10H,9,24H2,1-2H3,(H,27,29). The third-order valence-electron chi connectivity index (χ3n) is 4.91. The summed E-state index contributed by atoms with van der Waals surface area (Å²) in [6.07, 6.45) is 1.73. The lowest BCUT2D eigenvalue weighted by Gasteiger charge is -2.12. The number of aryl methyl sites for hydroxylation is 2. The molecule has 0 amide bonds. The normalized spacial score (nSPS) is 11.0. The van der Waals surface area contributed by atoms with Crippen molar-refractivity contribution in [3.05, 3.63) is 68.7 Å². The first kappa shape index (κ1) is 18.9. The average molecular weight is 405 g/mol. The van der Waals surface area contributed by atoms with Crippen molar-refractivity contribution in [2.75, 3.05) is 0 Å². The van der Waals surface area contributed by atoms with Crippen molar-refractivity contribution >= 4 is 22.4 Å². The number of nitrogens with one attached hydrogen (secondary N) is 1. The van der Waals surface area contributed by atoms with Gasteiger partial charge in [-0.3, -0.25) is 9.48 Å². The van der Waals surface area contributed by atoms with E-state index in [9.17, 15) is 10.1 Å². The van der Waals surface area contributed by atoms with Crippen molar-refractivity contribution in [3.8, 4) is 28.5 Å². The number of hydrogen-bond acceptors (Lipinski definition) is 5. The molecule has 0 spiro atoms. The molecule has 0 atom stereocenters. The Hall–Kier alpha value is -3.47. The molecule has 144 valence electrons. The second kappa shape index (κ2) is 7.17. The first-order valence-corrected chi connectivity index (χ1v) is 9.26. The maximum absolute atomic E-state index is 12.1. The lowest BCUT2D eigenvalue weighted by Crippen LogP contribution is -2.13. The largest absolute Gasteiger partial charge is 0.325 e. The van der Waals surface area contributed by atoms with Crippen molar-refractivity contribution in [2.45, 2.75) is 13.5 Å². The van der Waals surface area contributed by atoms with E-state index in [2.05, 4.69) is 21.4 Å². The fourth-order valence-electron chi connectivity index (χ4n) is 3.55. The van der Waals surface area contributed by atoms with E-state index in [0.29, 0.717) is 32.6 Å². The van der Waals surface area contributed by atoms with Crippen molar-refractivity contribution in [2.24, 2.45) is 12.8 Å². The maximum atomic E-state index is 12.1. The second-order valence-corrected chi connectivity index (χ2v) is 7.18. The first-order chi connectivity index (χ1) is 13.9. The number of hydrogen-bond donors (Lipinski definition) is 2. The Morgan fingerprint density at radius 3 is 2.76 bits per heavy atom. The van der Waals surface area contributed by atoms with E-state index < -0.39 is 0 Å². The third-order valence-corrected chi connectivity index (χ3v) is 5.21. The zero-order valence-corrected chi connectivity index (χ0v) is 16.6. The number of aromatic amines is 1. The zero-order chi connectivity index (χ0) is 20.7. The van der Waals surface area contributed by atoms with Crippen LogP contribution in [-0.4, -0.2) is 20.0 Å². The summed E-state index contributed by atoms with van der Waals surface area (Å²) in [4.78, 5) is 12.1. The van der Waals surface area contributed by atoms with Gasteiger partial charge in [-0.25, -0.2) is 5.10 Å². The number of halogens is 1. The van der Waals surface area contributed by atoms with Gasteiger partial charge in [0.1, 0.15) is 6.07 Å². The summed E-state index contributed by atoms with van der Waals surface area (Å²) >= 11 is 6.32. The van der Waals surface area contributed by atoms with Crippen LogP contribution in [0.4, 0.5) is 0 Å². The number of nitrogens with zero attached hydrogens (tertiary/aromatic N) is 4. The lowest BCUT2D eigenvalue weighted by molar-refractivity contribution is 0.775. The molecule has 4 rings (SSSR count). The SMILES string of the molecule is Cc1cc(Cl)c(C#N)c(-c2c(-c3ccc4c(=O)[nH]nc(CN)c4c3)cnn2C)c1. The Kier molecular flexibility index (Phi) is 4.66. The summed E-state index contributed by atoms with van der Waals surface area (Å²) in [6.45, 7) is 2.12. The molecule has 0 aliphatic rings. The first-order valence-electron chi connectivity index (χ1n) is 8.89. The molecule has 0 fully saturated rings. The molecule has 0 bridgehead atoms. The molecule has 7 nitrogen and oxygen atoms in total. The summed E-state index contributed by atoms with van der Waals surface area (Å²) < 4.78 is 1.71. The van der Waals surface area contributed by atoms with Gasteiger partial charge in [-0.05, 0) is 42.3 Å². The number of aromatic nitrogens is 4. The van der Waals surface area contributed by atoms with Gasteiger partial charge in [-0.2, -0.15) is 15.5 Å². The summed E-state index contributed by atoms with van der Waals surface area (Å²) in [5.41, 5.74) is 10.6. The van der Waals surface area contributed by atoms with Gasteiger partial charge in [0.25, 0.3) is 5.56 Å². The van der Waals surface area contributed by atoms with E-state index in [1.54, 1.807) is 23.0 Å². The van der Waals surface area contributed by atoms with E-state index in [1.807, 2.05) is 32.2 Å². The van der Waals surface area contributed by atoms with Crippen molar-refractivity contribution in [1.29, 1.82) is 5.26 Å². The summed E-state index contributed by atoms with van der Waals surface area (Å²) in [6, 6.07) is 11.4. The molecule has 0 saturated carbocycles. The minimum Gasteiger partial charge on any atom is -0.325 e. The molecule has 0 aliphatic heterocycles. The van der Waals surface area contributed by atoms with E-state index >= 15 is 0 Å². The summed E-state index contributed by atoms with van der Waals surface area (Å²) in [7, 11) is 1.81. The highest BCUT2D eigenvalue weighted by Gasteiger charge is 2.19. The summed E-state index contributed by atoms with van der Waals surface area (Å²) in [5.74, 6) is 0. The predicted molar refractivity (Wildman–Crippen MR) is 112 cm³/mol. The molecule has 2 aromatic carbocycles. The van der Waals surface area contributed by atoms with E-state index in [-0.39, 0.29) is 12.1 Å². The minimum atomic E-state index is -0.271. The Bertz CT molecular complexity index is 1360. The topological polar surface area (TPSA) is 113 Å². The van der Waals surface area contributed by atoms with Crippen LogP contribution in [0.2, 0.25) is 5.02 Å². The Morgan fingerprint density at radius 1 is 1.24 bits per heavy atom. The number of benzene rings is 2. The fourth-order valence-corrected chi connectivity index (χ4v) is 3.87. The fraction of sp³-hybridized carbons (Fsp3) is 0.143. The molecule has 8 heteroatoms. The molecule has 2 aromatic heterocycles.